The second-order valence-electron chi connectivity index (χ2n) is 4.80. The average molecular weight is 294 g/mol. The van der Waals surface area contributed by atoms with E-state index in [9.17, 15) is 0 Å². The molecule has 1 aromatic carbocycles. The number of nitrogens with zero attached hydrogens (tertiary/aromatic N) is 1. The fourth-order valence-electron chi connectivity index (χ4n) is 1.92. The molecule has 0 saturated heterocycles. The van der Waals surface area contributed by atoms with Crippen molar-refractivity contribution in [2.75, 3.05) is 17.2 Å². The number of nitrogens with one attached hydrogen (secondary N) is 2. The number of rotatable bonds is 6. The number of halogens is 1. The van der Waals surface area contributed by atoms with Crippen molar-refractivity contribution in [3.05, 3.63) is 39.8 Å². The number of thiazole rings is 1. The third-order valence-electron chi connectivity index (χ3n) is 3.18. The lowest BCUT2D eigenvalue weighted by Gasteiger charge is -2.12. The SMILES string of the molecule is Clc1ncc(CNc2ccccc2NCC2CC2)s1. The van der Waals surface area contributed by atoms with E-state index in [1.807, 2.05) is 12.3 Å². The summed E-state index contributed by atoms with van der Waals surface area (Å²) in [5, 5.41) is 6.95. The lowest BCUT2D eigenvalue weighted by molar-refractivity contribution is 0.889. The van der Waals surface area contributed by atoms with Gasteiger partial charge >= 0.3 is 0 Å². The molecule has 1 saturated carbocycles. The van der Waals surface area contributed by atoms with Crippen molar-refractivity contribution in [3.8, 4) is 0 Å². The lowest BCUT2D eigenvalue weighted by Crippen LogP contribution is -2.07. The Balaban J connectivity index is 1.62. The van der Waals surface area contributed by atoms with Crippen LogP contribution in [-0.2, 0) is 6.54 Å². The van der Waals surface area contributed by atoms with Gasteiger partial charge in [-0.05, 0) is 30.9 Å². The smallest absolute Gasteiger partial charge is 0.183 e. The molecule has 3 nitrogen and oxygen atoms in total. The Morgan fingerprint density at radius 3 is 2.58 bits per heavy atom. The number of hydrogen-bond donors (Lipinski definition) is 2. The third-order valence-corrected chi connectivity index (χ3v) is 4.30. The lowest BCUT2D eigenvalue weighted by atomic mass is 10.2. The molecule has 1 aromatic heterocycles. The van der Waals surface area contributed by atoms with Crippen LogP contribution in [0.2, 0.25) is 4.47 Å². The van der Waals surface area contributed by atoms with E-state index < -0.39 is 0 Å². The van der Waals surface area contributed by atoms with Gasteiger partial charge in [0.1, 0.15) is 0 Å². The van der Waals surface area contributed by atoms with Gasteiger partial charge in [0.2, 0.25) is 0 Å². The zero-order valence-electron chi connectivity index (χ0n) is 10.5. The van der Waals surface area contributed by atoms with Crippen LogP contribution in [-0.4, -0.2) is 11.5 Å². The van der Waals surface area contributed by atoms with Gasteiger partial charge in [0.05, 0.1) is 17.9 Å². The van der Waals surface area contributed by atoms with Crippen molar-refractivity contribution in [2.45, 2.75) is 19.4 Å². The van der Waals surface area contributed by atoms with Gasteiger partial charge in [-0.3, -0.25) is 0 Å². The molecule has 5 heteroatoms. The molecule has 0 amide bonds. The molecule has 1 fully saturated rings. The summed E-state index contributed by atoms with van der Waals surface area (Å²) in [5.74, 6) is 0.869. The molecule has 0 aliphatic heterocycles. The molecule has 0 atom stereocenters. The minimum absolute atomic E-state index is 0.594. The summed E-state index contributed by atoms with van der Waals surface area (Å²) in [7, 11) is 0. The van der Waals surface area contributed by atoms with Crippen LogP contribution in [0.4, 0.5) is 11.4 Å². The Hall–Kier alpha value is -1.26. The topological polar surface area (TPSA) is 37.0 Å². The van der Waals surface area contributed by atoms with Crippen LogP contribution < -0.4 is 10.6 Å². The van der Waals surface area contributed by atoms with E-state index >= 15 is 0 Å². The summed E-state index contributed by atoms with van der Waals surface area (Å²) < 4.78 is 0.594. The minimum atomic E-state index is 0.594. The second-order valence-corrected chi connectivity index (χ2v) is 6.50. The Bertz CT molecular complexity index is 551. The van der Waals surface area contributed by atoms with Gasteiger partial charge in [0.15, 0.2) is 4.47 Å². The first-order chi connectivity index (χ1) is 9.31. The highest BCUT2D eigenvalue weighted by atomic mass is 35.5. The maximum absolute atomic E-state index is 5.83. The first-order valence-electron chi connectivity index (χ1n) is 6.48. The Morgan fingerprint density at radius 2 is 1.95 bits per heavy atom. The summed E-state index contributed by atoms with van der Waals surface area (Å²) in [5.41, 5.74) is 2.30. The summed E-state index contributed by atoms with van der Waals surface area (Å²) in [6, 6.07) is 8.32. The highest BCUT2D eigenvalue weighted by Gasteiger charge is 2.20. The van der Waals surface area contributed by atoms with Crippen LogP contribution >= 0.6 is 22.9 Å². The first kappa shape index (κ1) is 12.8. The zero-order chi connectivity index (χ0) is 13.1. The maximum atomic E-state index is 5.83. The molecule has 19 heavy (non-hydrogen) atoms. The highest BCUT2D eigenvalue weighted by molar-refractivity contribution is 7.15. The Labute approximate surface area is 122 Å². The zero-order valence-corrected chi connectivity index (χ0v) is 12.1. The molecule has 1 aliphatic carbocycles. The van der Waals surface area contributed by atoms with Crippen molar-refractivity contribution in [1.29, 1.82) is 0 Å². The molecule has 0 radical (unpaired) electrons. The standard InChI is InChI=1S/C14H16ClN3S/c15-14-18-9-11(19-14)8-17-13-4-2-1-3-12(13)16-7-10-5-6-10/h1-4,9-10,16-17H,5-8H2. The molecule has 3 rings (SSSR count). The molecule has 2 N–H and O–H groups in total. The van der Waals surface area contributed by atoms with Crippen molar-refractivity contribution < 1.29 is 0 Å². The number of anilines is 2. The Morgan fingerprint density at radius 1 is 1.21 bits per heavy atom. The predicted molar refractivity (Wildman–Crippen MR) is 82.1 cm³/mol. The van der Waals surface area contributed by atoms with E-state index in [2.05, 4.69) is 33.8 Å². The normalized spacial score (nSPS) is 14.4. The largest absolute Gasteiger partial charge is 0.383 e. The molecule has 2 aromatic rings. The number of benzene rings is 1. The number of para-hydroxylation sites is 2. The Kier molecular flexibility index (Phi) is 3.89. The second kappa shape index (κ2) is 5.80. The fraction of sp³-hybridized carbons (Fsp3) is 0.357. The third kappa shape index (κ3) is 3.61. The first-order valence-corrected chi connectivity index (χ1v) is 7.67. The van der Waals surface area contributed by atoms with Crippen molar-refractivity contribution >= 4 is 34.3 Å². The molecular weight excluding hydrogens is 278 g/mol. The highest BCUT2D eigenvalue weighted by Crippen LogP contribution is 2.30. The van der Waals surface area contributed by atoms with Crippen molar-refractivity contribution in [1.82, 2.24) is 4.98 Å². The summed E-state index contributed by atoms with van der Waals surface area (Å²) >= 11 is 7.34. The van der Waals surface area contributed by atoms with E-state index in [1.165, 1.54) is 29.9 Å². The molecule has 0 spiro atoms. The van der Waals surface area contributed by atoms with Crippen LogP contribution in [0.1, 0.15) is 17.7 Å². The number of hydrogen-bond acceptors (Lipinski definition) is 4. The molecular formula is C14H16ClN3S. The molecule has 0 bridgehead atoms. The van der Waals surface area contributed by atoms with E-state index in [0.717, 1.165) is 29.6 Å². The van der Waals surface area contributed by atoms with Crippen LogP contribution in [0, 0.1) is 5.92 Å². The van der Waals surface area contributed by atoms with Gasteiger partial charge in [-0.25, -0.2) is 4.98 Å². The van der Waals surface area contributed by atoms with Crippen molar-refractivity contribution in [3.63, 3.8) is 0 Å². The number of aromatic nitrogens is 1. The summed E-state index contributed by atoms with van der Waals surface area (Å²) in [6.07, 6.45) is 4.55. The van der Waals surface area contributed by atoms with E-state index in [4.69, 9.17) is 11.6 Å². The fourth-order valence-corrected chi connectivity index (χ4v) is 2.83. The predicted octanol–water partition coefficient (Wildman–Crippen LogP) is 4.23. The van der Waals surface area contributed by atoms with E-state index in [0.29, 0.717) is 4.47 Å². The van der Waals surface area contributed by atoms with Gasteiger partial charge in [0.25, 0.3) is 0 Å². The van der Waals surface area contributed by atoms with Crippen molar-refractivity contribution in [2.24, 2.45) is 5.92 Å². The van der Waals surface area contributed by atoms with Gasteiger partial charge in [-0.1, -0.05) is 23.7 Å². The average Bonchev–Trinajstić information content (AvgIpc) is 3.17. The van der Waals surface area contributed by atoms with Gasteiger partial charge in [0, 0.05) is 17.6 Å². The van der Waals surface area contributed by atoms with E-state index in [-0.39, 0.29) is 0 Å². The molecule has 100 valence electrons. The van der Waals surface area contributed by atoms with E-state index in [1.54, 1.807) is 0 Å². The van der Waals surface area contributed by atoms with Crippen LogP contribution in [0.25, 0.3) is 0 Å². The minimum Gasteiger partial charge on any atom is -0.383 e. The maximum Gasteiger partial charge on any atom is 0.183 e. The van der Waals surface area contributed by atoms with Crippen LogP contribution in [0.15, 0.2) is 30.5 Å². The molecule has 1 aliphatic rings. The monoisotopic (exact) mass is 293 g/mol. The van der Waals surface area contributed by atoms with Crippen LogP contribution in [0.5, 0.6) is 0 Å². The molecule has 1 heterocycles. The quantitative estimate of drug-likeness (QED) is 0.837. The summed E-state index contributed by atoms with van der Waals surface area (Å²) in [6.45, 7) is 1.83. The van der Waals surface area contributed by atoms with Gasteiger partial charge < -0.3 is 10.6 Å². The van der Waals surface area contributed by atoms with Crippen LogP contribution in [0.3, 0.4) is 0 Å². The van der Waals surface area contributed by atoms with Gasteiger partial charge in [-0.2, -0.15) is 0 Å². The van der Waals surface area contributed by atoms with Gasteiger partial charge in [-0.15, -0.1) is 11.3 Å². The molecule has 0 unspecified atom stereocenters. The summed E-state index contributed by atoms with van der Waals surface area (Å²) in [4.78, 5) is 5.19.